The van der Waals surface area contributed by atoms with E-state index < -0.39 is 5.41 Å². The Kier molecular flexibility index (Phi) is 6.12. The van der Waals surface area contributed by atoms with E-state index in [4.69, 9.17) is 0 Å². The van der Waals surface area contributed by atoms with Gasteiger partial charge in [-0.15, -0.1) is 0 Å². The van der Waals surface area contributed by atoms with Crippen LogP contribution < -0.4 is 4.90 Å². The Balaban J connectivity index is 1.36. The minimum absolute atomic E-state index is 0.0708. The highest BCUT2D eigenvalue weighted by Crippen LogP contribution is 2.65. The summed E-state index contributed by atoms with van der Waals surface area (Å²) in [4.78, 5) is 2.47. The first-order chi connectivity index (χ1) is 24.4. The summed E-state index contributed by atoms with van der Waals surface area (Å²) in [7, 11) is 0. The highest BCUT2D eigenvalue weighted by atomic mass is 15.1. The second-order valence-corrected chi connectivity index (χ2v) is 14.9. The summed E-state index contributed by atoms with van der Waals surface area (Å²) in [6, 6.07) is 63.6. The molecule has 1 heteroatoms. The van der Waals surface area contributed by atoms with Crippen LogP contribution in [0.2, 0.25) is 0 Å². The summed E-state index contributed by atoms with van der Waals surface area (Å²) in [5.41, 5.74) is 15.2. The van der Waals surface area contributed by atoms with Gasteiger partial charge in [-0.2, -0.15) is 0 Å². The number of nitrogens with zero attached hydrogens (tertiary/aromatic N) is 1. The summed E-state index contributed by atoms with van der Waals surface area (Å²) >= 11 is 0. The van der Waals surface area contributed by atoms with Crippen molar-refractivity contribution in [2.45, 2.75) is 31.6 Å². The fraction of sp³-hybridized carbons (Fsp3) is 0.102. The van der Waals surface area contributed by atoms with Crippen molar-refractivity contribution in [3.63, 3.8) is 0 Å². The van der Waals surface area contributed by atoms with Crippen molar-refractivity contribution >= 4 is 38.6 Å². The van der Waals surface area contributed by atoms with Gasteiger partial charge in [-0.25, -0.2) is 0 Å². The standard InChI is InChI=1S/C49H37N/c1-48(2,3)34-25-27-36(28-26-34)50(35-17-5-4-6-18-35)46-31-45-47(40-22-10-9-21-39(40)46)41-29-32-15-7-8-16-33(32)30-44(41)49(45)42-23-13-11-19-37(42)38-20-12-14-24-43(38)49/h4-31H,1-3H3. The van der Waals surface area contributed by atoms with Gasteiger partial charge in [0.25, 0.3) is 0 Å². The third kappa shape index (κ3) is 3.95. The molecule has 0 saturated carbocycles. The molecule has 0 amide bonds. The van der Waals surface area contributed by atoms with Crippen molar-refractivity contribution in [2.24, 2.45) is 0 Å². The summed E-state index contributed by atoms with van der Waals surface area (Å²) in [5.74, 6) is 0. The van der Waals surface area contributed by atoms with Crippen LogP contribution in [0, 0.1) is 0 Å². The minimum Gasteiger partial charge on any atom is -0.310 e. The zero-order valence-corrected chi connectivity index (χ0v) is 28.6. The molecule has 8 aromatic carbocycles. The molecule has 0 atom stereocenters. The second-order valence-electron chi connectivity index (χ2n) is 14.9. The van der Waals surface area contributed by atoms with E-state index in [2.05, 4.69) is 196 Å². The maximum atomic E-state index is 2.53. The normalized spacial score (nSPS) is 13.7. The molecular weight excluding hydrogens is 603 g/mol. The molecule has 0 aliphatic heterocycles. The maximum absolute atomic E-state index is 2.53. The first-order valence-electron chi connectivity index (χ1n) is 17.7. The van der Waals surface area contributed by atoms with E-state index in [0.717, 1.165) is 11.4 Å². The average Bonchev–Trinajstić information content (AvgIpc) is 3.61. The molecule has 0 bridgehead atoms. The topological polar surface area (TPSA) is 3.24 Å². The molecule has 238 valence electrons. The van der Waals surface area contributed by atoms with Gasteiger partial charge >= 0.3 is 0 Å². The van der Waals surface area contributed by atoms with Crippen LogP contribution >= 0.6 is 0 Å². The van der Waals surface area contributed by atoms with Gasteiger partial charge in [-0.1, -0.05) is 148 Å². The second kappa shape index (κ2) is 10.5. The van der Waals surface area contributed by atoms with Crippen LogP contribution in [0.15, 0.2) is 170 Å². The van der Waals surface area contributed by atoms with Gasteiger partial charge in [0, 0.05) is 16.8 Å². The summed E-state index contributed by atoms with van der Waals surface area (Å²) in [6.45, 7) is 6.84. The molecule has 50 heavy (non-hydrogen) atoms. The maximum Gasteiger partial charge on any atom is 0.0726 e. The fourth-order valence-electron chi connectivity index (χ4n) is 8.96. The van der Waals surface area contributed by atoms with Gasteiger partial charge < -0.3 is 4.90 Å². The quantitative estimate of drug-likeness (QED) is 0.186. The van der Waals surface area contributed by atoms with Crippen LogP contribution in [-0.2, 0) is 10.8 Å². The van der Waals surface area contributed by atoms with Crippen molar-refractivity contribution in [3.8, 4) is 22.3 Å². The van der Waals surface area contributed by atoms with Gasteiger partial charge in [0.05, 0.1) is 11.1 Å². The predicted molar refractivity (Wildman–Crippen MR) is 211 cm³/mol. The molecule has 2 aliphatic rings. The molecular formula is C49H37N. The Bertz CT molecular complexity index is 2580. The summed E-state index contributed by atoms with van der Waals surface area (Å²) < 4.78 is 0. The van der Waals surface area contributed by atoms with Crippen molar-refractivity contribution in [1.82, 2.24) is 0 Å². The molecule has 0 aromatic heterocycles. The highest BCUT2D eigenvalue weighted by Gasteiger charge is 2.52. The number of para-hydroxylation sites is 1. The number of hydrogen-bond donors (Lipinski definition) is 0. The van der Waals surface area contributed by atoms with Crippen molar-refractivity contribution in [2.75, 3.05) is 4.90 Å². The van der Waals surface area contributed by atoms with E-state index in [9.17, 15) is 0 Å². The third-order valence-corrected chi connectivity index (χ3v) is 11.2. The van der Waals surface area contributed by atoms with E-state index in [1.54, 1.807) is 0 Å². The Morgan fingerprint density at radius 1 is 0.420 bits per heavy atom. The van der Waals surface area contributed by atoms with Crippen molar-refractivity contribution in [3.05, 3.63) is 198 Å². The monoisotopic (exact) mass is 639 g/mol. The molecule has 1 spiro atoms. The number of rotatable bonds is 3. The molecule has 8 aromatic rings. The van der Waals surface area contributed by atoms with E-state index >= 15 is 0 Å². The molecule has 10 rings (SSSR count). The van der Waals surface area contributed by atoms with E-state index in [-0.39, 0.29) is 5.41 Å². The first kappa shape index (κ1) is 29.0. The van der Waals surface area contributed by atoms with Gasteiger partial charge in [0.15, 0.2) is 0 Å². The van der Waals surface area contributed by atoms with Crippen LogP contribution in [-0.4, -0.2) is 0 Å². The lowest BCUT2D eigenvalue weighted by Gasteiger charge is -2.33. The summed E-state index contributed by atoms with van der Waals surface area (Å²) in [5, 5.41) is 5.06. The molecule has 0 radical (unpaired) electrons. The largest absolute Gasteiger partial charge is 0.310 e. The Labute approximate surface area is 294 Å². The smallest absolute Gasteiger partial charge is 0.0726 e. The molecule has 1 nitrogen and oxygen atoms in total. The Hall–Kier alpha value is -5.92. The molecule has 0 saturated heterocycles. The van der Waals surface area contributed by atoms with Crippen LogP contribution in [0.4, 0.5) is 17.1 Å². The average molecular weight is 640 g/mol. The fourth-order valence-corrected chi connectivity index (χ4v) is 8.96. The van der Waals surface area contributed by atoms with Crippen LogP contribution in [0.3, 0.4) is 0 Å². The zero-order chi connectivity index (χ0) is 33.6. The lowest BCUT2D eigenvalue weighted by molar-refractivity contribution is 0.590. The molecule has 0 N–H and O–H groups in total. The highest BCUT2D eigenvalue weighted by molar-refractivity contribution is 6.13. The zero-order valence-electron chi connectivity index (χ0n) is 28.6. The van der Waals surface area contributed by atoms with E-state index in [1.165, 1.54) is 77.3 Å². The minimum atomic E-state index is -0.459. The van der Waals surface area contributed by atoms with Gasteiger partial charge in [-0.05, 0) is 114 Å². The van der Waals surface area contributed by atoms with Crippen LogP contribution in [0.1, 0.15) is 48.6 Å². The SMILES string of the molecule is CC(C)(C)c1ccc(N(c2ccccc2)c2cc3c(c4ccccc24)-c2cc4ccccc4cc2C32c3ccccc3-c3ccccc32)cc1. The molecule has 0 fully saturated rings. The lowest BCUT2D eigenvalue weighted by Crippen LogP contribution is -2.26. The lowest BCUT2D eigenvalue weighted by atomic mass is 9.70. The van der Waals surface area contributed by atoms with Gasteiger partial charge in [-0.3, -0.25) is 0 Å². The Morgan fingerprint density at radius 3 is 1.62 bits per heavy atom. The predicted octanol–water partition coefficient (Wildman–Crippen LogP) is 13.1. The Morgan fingerprint density at radius 2 is 0.960 bits per heavy atom. The number of benzene rings is 8. The third-order valence-electron chi connectivity index (χ3n) is 11.2. The first-order valence-corrected chi connectivity index (χ1v) is 17.7. The number of hydrogen-bond acceptors (Lipinski definition) is 1. The number of anilines is 3. The van der Waals surface area contributed by atoms with E-state index in [0.29, 0.717) is 0 Å². The van der Waals surface area contributed by atoms with Crippen molar-refractivity contribution < 1.29 is 0 Å². The van der Waals surface area contributed by atoms with Crippen molar-refractivity contribution in [1.29, 1.82) is 0 Å². The number of fused-ring (bicyclic) bond motifs is 13. The van der Waals surface area contributed by atoms with Gasteiger partial charge in [0.1, 0.15) is 0 Å². The van der Waals surface area contributed by atoms with Crippen LogP contribution in [0.5, 0.6) is 0 Å². The van der Waals surface area contributed by atoms with E-state index in [1.807, 2.05) is 0 Å². The van der Waals surface area contributed by atoms with Gasteiger partial charge in [0.2, 0.25) is 0 Å². The molecule has 0 unspecified atom stereocenters. The molecule has 0 heterocycles. The molecule has 2 aliphatic carbocycles. The summed E-state index contributed by atoms with van der Waals surface area (Å²) in [6.07, 6.45) is 0. The van der Waals surface area contributed by atoms with Crippen LogP contribution in [0.25, 0.3) is 43.8 Å².